The van der Waals surface area contributed by atoms with Gasteiger partial charge in [0.2, 0.25) is 0 Å². The fourth-order valence-corrected chi connectivity index (χ4v) is 6.17. The number of nitrogens with zero attached hydrogens (tertiary/aromatic N) is 2. The van der Waals surface area contributed by atoms with Gasteiger partial charge in [0.05, 0.1) is 18.2 Å². The van der Waals surface area contributed by atoms with Crippen LogP contribution >= 0.6 is 0 Å². The highest BCUT2D eigenvalue weighted by atomic mass is 16.5. The van der Waals surface area contributed by atoms with Gasteiger partial charge in [0.1, 0.15) is 5.75 Å². The number of benzene rings is 4. The Balaban J connectivity index is 1.11. The van der Waals surface area contributed by atoms with Crippen molar-refractivity contribution in [2.24, 2.45) is 0 Å². The number of aromatic nitrogens is 1. The van der Waals surface area contributed by atoms with Gasteiger partial charge in [-0.1, -0.05) is 48.5 Å². The van der Waals surface area contributed by atoms with Crippen LogP contribution in [0, 0.1) is 0 Å². The number of likely N-dealkylation sites (tertiary alicyclic amines) is 1. The average Bonchev–Trinajstić information content (AvgIpc) is 3.02. The molecule has 2 N–H and O–H groups in total. The monoisotopic (exact) mass is 548 g/mol. The maximum Gasteiger partial charge on any atom is 0.251 e. The number of rotatable bonds is 8. The Labute approximate surface area is 239 Å². The molecule has 4 aromatic carbocycles. The van der Waals surface area contributed by atoms with Crippen LogP contribution in [0.3, 0.4) is 0 Å². The number of nitrogens with one attached hydrogen (secondary N) is 2. The molecule has 1 saturated heterocycles. The average molecular weight is 549 g/mol. The largest absolute Gasteiger partial charge is 0.497 e. The van der Waals surface area contributed by atoms with Crippen LogP contribution < -0.4 is 20.9 Å². The molecule has 0 bridgehead atoms. The van der Waals surface area contributed by atoms with E-state index in [1.807, 2.05) is 18.2 Å². The first-order chi connectivity index (χ1) is 20.1. The number of amides is 1. The van der Waals surface area contributed by atoms with Crippen molar-refractivity contribution in [2.75, 3.05) is 33.8 Å². The van der Waals surface area contributed by atoms with E-state index in [-0.39, 0.29) is 11.5 Å². The molecule has 7 heteroatoms. The number of hydrogen-bond acceptors (Lipinski definition) is 5. The van der Waals surface area contributed by atoms with Crippen molar-refractivity contribution in [1.82, 2.24) is 20.1 Å². The summed E-state index contributed by atoms with van der Waals surface area (Å²) in [6.07, 6.45) is 2.12. The Morgan fingerprint density at radius 3 is 2.37 bits per heavy atom. The Kier molecular flexibility index (Phi) is 7.72. The van der Waals surface area contributed by atoms with Crippen molar-refractivity contribution in [3.05, 3.63) is 100 Å². The summed E-state index contributed by atoms with van der Waals surface area (Å²) < 4.78 is 7.18. The van der Waals surface area contributed by atoms with E-state index in [1.165, 1.54) is 33.2 Å². The molecule has 1 aromatic heterocycles. The van der Waals surface area contributed by atoms with E-state index in [0.717, 1.165) is 49.9 Å². The van der Waals surface area contributed by atoms with Gasteiger partial charge in [-0.05, 0) is 71.2 Å². The van der Waals surface area contributed by atoms with E-state index < -0.39 is 0 Å². The van der Waals surface area contributed by atoms with Gasteiger partial charge in [0.25, 0.3) is 11.5 Å². The minimum atomic E-state index is -0.268. The second-order valence-corrected chi connectivity index (χ2v) is 10.8. The number of hydrogen-bond donors (Lipinski definition) is 2. The second kappa shape index (κ2) is 11.7. The molecule has 0 atom stereocenters. The predicted octanol–water partition coefficient (Wildman–Crippen LogP) is 4.93. The van der Waals surface area contributed by atoms with Crippen LogP contribution in [0.2, 0.25) is 0 Å². The molecular formula is C34H36N4O3. The summed E-state index contributed by atoms with van der Waals surface area (Å²) in [4.78, 5) is 28.0. The molecule has 1 aliphatic heterocycles. The zero-order chi connectivity index (χ0) is 28.3. The number of pyridine rings is 1. The second-order valence-electron chi connectivity index (χ2n) is 10.8. The van der Waals surface area contributed by atoms with Crippen LogP contribution in [0.25, 0.3) is 32.4 Å². The van der Waals surface area contributed by atoms with Gasteiger partial charge in [-0.3, -0.25) is 9.59 Å². The molecule has 0 aliphatic carbocycles. The molecule has 6 rings (SSSR count). The number of fused-ring (bicyclic) bond motifs is 4. The summed E-state index contributed by atoms with van der Waals surface area (Å²) in [7, 11) is 3.18. The fourth-order valence-electron chi connectivity index (χ4n) is 6.17. The van der Waals surface area contributed by atoms with Crippen molar-refractivity contribution in [1.29, 1.82) is 0 Å². The van der Waals surface area contributed by atoms with E-state index in [2.05, 4.69) is 70.1 Å². The lowest BCUT2D eigenvalue weighted by atomic mass is 9.96. The Bertz CT molecular complexity index is 1790. The maximum absolute atomic E-state index is 13.1. The van der Waals surface area contributed by atoms with Crippen LogP contribution in [0.5, 0.6) is 5.75 Å². The summed E-state index contributed by atoms with van der Waals surface area (Å²) in [6.45, 7) is 4.12. The third-order valence-corrected chi connectivity index (χ3v) is 8.45. The van der Waals surface area contributed by atoms with Gasteiger partial charge in [-0.2, -0.15) is 0 Å². The van der Waals surface area contributed by atoms with Crippen LogP contribution in [-0.2, 0) is 13.1 Å². The number of methoxy groups -OCH3 is 1. The lowest BCUT2D eigenvalue weighted by Gasteiger charge is -2.32. The minimum Gasteiger partial charge on any atom is -0.497 e. The van der Waals surface area contributed by atoms with E-state index in [9.17, 15) is 9.59 Å². The predicted molar refractivity (Wildman–Crippen MR) is 166 cm³/mol. The Morgan fingerprint density at radius 2 is 1.61 bits per heavy atom. The van der Waals surface area contributed by atoms with Gasteiger partial charge in [-0.15, -0.1) is 0 Å². The molecule has 0 spiro atoms. The van der Waals surface area contributed by atoms with Crippen molar-refractivity contribution >= 4 is 38.4 Å². The van der Waals surface area contributed by atoms with Crippen LogP contribution in [-0.4, -0.2) is 55.2 Å². The van der Waals surface area contributed by atoms with E-state index >= 15 is 0 Å². The number of carbonyl (C=O) groups excluding carboxylic acids is 1. The normalized spacial score (nSPS) is 14.6. The lowest BCUT2D eigenvalue weighted by molar-refractivity contribution is 0.0964. The Hall–Kier alpha value is -4.20. The molecule has 0 radical (unpaired) electrons. The zero-order valence-corrected chi connectivity index (χ0v) is 23.7. The summed E-state index contributed by atoms with van der Waals surface area (Å²) in [5.41, 5.74) is 2.26. The van der Waals surface area contributed by atoms with Gasteiger partial charge < -0.3 is 24.8 Å². The molecule has 1 aliphatic rings. The quantitative estimate of drug-likeness (QED) is 0.269. The third kappa shape index (κ3) is 5.43. The minimum absolute atomic E-state index is 0.177. The lowest BCUT2D eigenvalue weighted by Crippen LogP contribution is -2.43. The molecule has 41 heavy (non-hydrogen) atoms. The van der Waals surface area contributed by atoms with Gasteiger partial charge in [0.15, 0.2) is 0 Å². The smallest absolute Gasteiger partial charge is 0.251 e. The van der Waals surface area contributed by atoms with Crippen molar-refractivity contribution in [3.8, 4) is 5.75 Å². The van der Waals surface area contributed by atoms with Crippen molar-refractivity contribution in [3.63, 3.8) is 0 Å². The topological polar surface area (TPSA) is 75.6 Å². The molecule has 2 heterocycles. The molecule has 210 valence electrons. The van der Waals surface area contributed by atoms with Crippen LogP contribution in [0.1, 0.15) is 28.8 Å². The van der Waals surface area contributed by atoms with Gasteiger partial charge in [0, 0.05) is 50.2 Å². The fraction of sp³-hybridized carbons (Fsp3) is 0.294. The highest BCUT2D eigenvalue weighted by molar-refractivity contribution is 6.09. The summed E-state index contributed by atoms with van der Waals surface area (Å²) in [6, 6.07) is 27.0. The van der Waals surface area contributed by atoms with Crippen molar-refractivity contribution < 1.29 is 9.53 Å². The molecule has 1 amide bonds. The third-order valence-electron chi connectivity index (χ3n) is 8.45. The first-order valence-corrected chi connectivity index (χ1v) is 14.3. The Morgan fingerprint density at radius 1 is 0.878 bits per heavy atom. The van der Waals surface area contributed by atoms with Gasteiger partial charge in [-0.25, -0.2) is 0 Å². The van der Waals surface area contributed by atoms with E-state index in [0.29, 0.717) is 23.9 Å². The van der Waals surface area contributed by atoms with Crippen LogP contribution in [0.4, 0.5) is 0 Å². The zero-order valence-electron chi connectivity index (χ0n) is 23.7. The van der Waals surface area contributed by atoms with Gasteiger partial charge >= 0.3 is 0 Å². The number of carbonyl (C=O) groups is 1. The molecule has 5 aromatic rings. The van der Waals surface area contributed by atoms with Crippen LogP contribution in [0.15, 0.2) is 83.7 Å². The van der Waals surface area contributed by atoms with E-state index in [1.54, 1.807) is 18.7 Å². The molecule has 0 saturated carbocycles. The molecule has 7 nitrogen and oxygen atoms in total. The first-order valence-electron chi connectivity index (χ1n) is 14.3. The number of piperidine rings is 1. The standard InChI is InChI=1S/C34H36N4O3/c1-35-34(40)31-21-33(39)38(32-20-26(41-2)11-12-30(31)32)18-17-37-15-13-25(14-16-37)36-22-24-19-23-7-3-4-8-27(23)29-10-6-5-9-28(24)29/h3-12,19-21,25,36H,13-18,22H2,1-2H3,(H,35,40). The molecular weight excluding hydrogens is 512 g/mol. The highest BCUT2D eigenvalue weighted by Gasteiger charge is 2.20. The number of ether oxygens (including phenoxy) is 1. The van der Waals surface area contributed by atoms with Crippen molar-refractivity contribution in [2.45, 2.75) is 32.0 Å². The first kappa shape index (κ1) is 27.0. The van der Waals surface area contributed by atoms with E-state index in [4.69, 9.17) is 4.74 Å². The SMILES string of the molecule is CNC(=O)c1cc(=O)n(CCN2CCC(NCc3cc4ccccc4c4ccccc34)CC2)c2cc(OC)ccc12. The highest BCUT2D eigenvalue weighted by Crippen LogP contribution is 2.29. The molecule has 0 unspecified atom stereocenters. The maximum atomic E-state index is 13.1. The summed E-state index contributed by atoms with van der Waals surface area (Å²) in [5, 5.41) is 12.4. The summed E-state index contributed by atoms with van der Waals surface area (Å²) >= 11 is 0. The summed E-state index contributed by atoms with van der Waals surface area (Å²) in [5.74, 6) is 0.390. The molecule has 1 fully saturated rings.